The second-order valence-corrected chi connectivity index (χ2v) is 5.35. The fourth-order valence-electron chi connectivity index (χ4n) is 2.45. The average Bonchev–Trinajstić information content (AvgIpc) is 2.81. The molecule has 20 heavy (non-hydrogen) atoms. The minimum atomic E-state index is 0.00506. The lowest BCUT2D eigenvalue weighted by Gasteiger charge is -2.18. The van der Waals surface area contributed by atoms with Crippen LogP contribution in [0.25, 0.3) is 0 Å². The number of hydrazine groups is 1. The van der Waals surface area contributed by atoms with Gasteiger partial charge >= 0.3 is 0 Å². The fourth-order valence-corrected chi connectivity index (χ4v) is 2.72. The Morgan fingerprint density at radius 2 is 2.25 bits per heavy atom. The summed E-state index contributed by atoms with van der Waals surface area (Å²) >= 11 is 6.23. The van der Waals surface area contributed by atoms with Crippen LogP contribution >= 0.6 is 11.6 Å². The Labute approximate surface area is 124 Å². The van der Waals surface area contributed by atoms with Crippen LogP contribution in [0.15, 0.2) is 30.5 Å². The molecule has 0 spiro atoms. The lowest BCUT2D eigenvalue weighted by Crippen LogP contribution is -2.30. The summed E-state index contributed by atoms with van der Waals surface area (Å²) in [5, 5.41) is 4.93. The van der Waals surface area contributed by atoms with E-state index in [0.29, 0.717) is 5.02 Å². The van der Waals surface area contributed by atoms with Gasteiger partial charge in [0, 0.05) is 6.54 Å². The molecule has 1 heterocycles. The van der Waals surface area contributed by atoms with Crippen molar-refractivity contribution >= 4 is 11.6 Å². The molecule has 0 aliphatic carbocycles. The van der Waals surface area contributed by atoms with Gasteiger partial charge in [-0.3, -0.25) is 16.0 Å². The Balaban J connectivity index is 2.11. The lowest BCUT2D eigenvalue weighted by molar-refractivity contribution is 0.467. The third-order valence-corrected chi connectivity index (χ3v) is 3.76. The first-order valence-corrected chi connectivity index (χ1v) is 7.26. The van der Waals surface area contributed by atoms with E-state index in [4.69, 9.17) is 17.4 Å². The monoisotopic (exact) mass is 292 g/mol. The van der Waals surface area contributed by atoms with Crippen molar-refractivity contribution in [2.45, 2.75) is 39.3 Å². The molecule has 1 unspecified atom stereocenters. The Bertz CT molecular complexity index is 565. The quantitative estimate of drug-likeness (QED) is 0.636. The van der Waals surface area contributed by atoms with Crippen LogP contribution in [0, 0.1) is 6.92 Å². The summed E-state index contributed by atoms with van der Waals surface area (Å²) in [7, 11) is 0. The van der Waals surface area contributed by atoms with Gasteiger partial charge in [0.1, 0.15) is 0 Å². The summed E-state index contributed by atoms with van der Waals surface area (Å²) in [6, 6.07) is 8.53. The van der Waals surface area contributed by atoms with Gasteiger partial charge in [0.15, 0.2) is 0 Å². The average molecular weight is 293 g/mol. The van der Waals surface area contributed by atoms with E-state index in [-0.39, 0.29) is 6.04 Å². The van der Waals surface area contributed by atoms with Crippen LogP contribution in [0.5, 0.6) is 0 Å². The number of nitrogens with zero attached hydrogens (tertiary/aromatic N) is 2. The Kier molecular flexibility index (Phi) is 5.17. The topological polar surface area (TPSA) is 55.9 Å². The van der Waals surface area contributed by atoms with Gasteiger partial charge in [0.2, 0.25) is 0 Å². The highest BCUT2D eigenvalue weighted by Gasteiger charge is 2.18. The van der Waals surface area contributed by atoms with Crippen LogP contribution < -0.4 is 11.3 Å². The zero-order valence-electron chi connectivity index (χ0n) is 11.9. The van der Waals surface area contributed by atoms with Gasteiger partial charge in [-0.25, -0.2) is 0 Å². The molecule has 4 nitrogen and oxygen atoms in total. The van der Waals surface area contributed by atoms with E-state index in [1.54, 1.807) is 6.20 Å². The molecule has 0 saturated carbocycles. The maximum Gasteiger partial charge on any atom is 0.0834 e. The molecule has 0 aliphatic rings. The minimum absolute atomic E-state index is 0.00506. The number of hydrogen-bond donors (Lipinski definition) is 2. The molecule has 1 aromatic heterocycles. The molecule has 1 atom stereocenters. The van der Waals surface area contributed by atoms with Crippen molar-refractivity contribution in [1.82, 2.24) is 15.2 Å². The van der Waals surface area contributed by atoms with Gasteiger partial charge in [0.05, 0.1) is 23.0 Å². The van der Waals surface area contributed by atoms with Crippen molar-refractivity contribution in [3.63, 3.8) is 0 Å². The highest BCUT2D eigenvalue weighted by molar-refractivity contribution is 6.31. The number of nitrogens with one attached hydrogen (secondary N) is 1. The smallest absolute Gasteiger partial charge is 0.0834 e. The largest absolute Gasteiger partial charge is 0.271 e. The maximum atomic E-state index is 6.23. The predicted molar refractivity (Wildman–Crippen MR) is 82.5 cm³/mol. The van der Waals surface area contributed by atoms with Crippen LogP contribution in [-0.4, -0.2) is 9.78 Å². The lowest BCUT2D eigenvalue weighted by atomic mass is 10.0. The van der Waals surface area contributed by atoms with Crippen molar-refractivity contribution in [3.05, 3.63) is 52.3 Å². The van der Waals surface area contributed by atoms with Crippen LogP contribution in [0.3, 0.4) is 0 Å². The summed E-state index contributed by atoms with van der Waals surface area (Å²) in [4.78, 5) is 0. The Hall–Kier alpha value is -1.36. The standard InChI is InChI=1S/C15H21ClN4/c1-3-20-15(13(16)10-18-20)14(19-17)8-7-12-6-4-5-11(2)9-12/h4-6,9-10,14,19H,3,7-8,17H2,1-2H3. The van der Waals surface area contributed by atoms with Gasteiger partial charge in [-0.2, -0.15) is 5.10 Å². The molecule has 1 aromatic carbocycles. The van der Waals surface area contributed by atoms with Crippen molar-refractivity contribution in [1.29, 1.82) is 0 Å². The number of halogens is 1. The molecule has 0 bridgehead atoms. The molecule has 108 valence electrons. The predicted octanol–water partition coefficient (Wildman–Crippen LogP) is 3.00. The molecular formula is C15H21ClN4. The second-order valence-electron chi connectivity index (χ2n) is 4.94. The molecular weight excluding hydrogens is 272 g/mol. The van der Waals surface area contributed by atoms with Gasteiger partial charge in [-0.05, 0) is 32.3 Å². The molecule has 0 amide bonds. The summed E-state index contributed by atoms with van der Waals surface area (Å²) in [5.74, 6) is 5.70. The van der Waals surface area contributed by atoms with Crippen LogP contribution in [-0.2, 0) is 13.0 Å². The zero-order valence-corrected chi connectivity index (χ0v) is 12.7. The van der Waals surface area contributed by atoms with E-state index in [0.717, 1.165) is 25.1 Å². The molecule has 0 fully saturated rings. The van der Waals surface area contributed by atoms with E-state index in [1.807, 2.05) is 11.6 Å². The number of hydrogen-bond acceptors (Lipinski definition) is 3. The van der Waals surface area contributed by atoms with Crippen molar-refractivity contribution in [3.8, 4) is 0 Å². The van der Waals surface area contributed by atoms with Gasteiger partial charge in [0.25, 0.3) is 0 Å². The summed E-state index contributed by atoms with van der Waals surface area (Å²) in [5.41, 5.74) is 6.41. The first-order valence-electron chi connectivity index (χ1n) is 6.88. The summed E-state index contributed by atoms with van der Waals surface area (Å²) < 4.78 is 1.89. The molecule has 5 heteroatoms. The fraction of sp³-hybridized carbons (Fsp3) is 0.400. The second kappa shape index (κ2) is 6.88. The Morgan fingerprint density at radius 3 is 2.90 bits per heavy atom. The first-order chi connectivity index (χ1) is 9.65. The number of benzene rings is 1. The van der Waals surface area contributed by atoms with E-state index in [2.05, 4.69) is 41.7 Å². The summed E-state index contributed by atoms with van der Waals surface area (Å²) in [6.45, 7) is 4.93. The van der Waals surface area contributed by atoms with Crippen LogP contribution in [0.4, 0.5) is 0 Å². The summed E-state index contributed by atoms with van der Waals surface area (Å²) in [6.07, 6.45) is 3.50. The normalized spacial score (nSPS) is 12.6. The van der Waals surface area contributed by atoms with Crippen LogP contribution in [0.1, 0.15) is 36.2 Å². The molecule has 2 rings (SSSR count). The molecule has 3 N–H and O–H groups in total. The third kappa shape index (κ3) is 3.39. The SMILES string of the molecule is CCn1ncc(Cl)c1C(CCc1cccc(C)c1)NN. The van der Waals surface area contributed by atoms with Crippen molar-refractivity contribution < 1.29 is 0 Å². The number of aryl methyl sites for hydroxylation is 3. The van der Waals surface area contributed by atoms with Gasteiger partial charge in [-0.15, -0.1) is 0 Å². The maximum absolute atomic E-state index is 6.23. The number of rotatable bonds is 6. The minimum Gasteiger partial charge on any atom is -0.271 e. The zero-order chi connectivity index (χ0) is 14.5. The molecule has 0 aliphatic heterocycles. The highest BCUT2D eigenvalue weighted by Crippen LogP contribution is 2.26. The number of nitrogens with two attached hydrogens (primary N) is 1. The molecule has 0 radical (unpaired) electrons. The van der Waals surface area contributed by atoms with Crippen LogP contribution in [0.2, 0.25) is 5.02 Å². The van der Waals surface area contributed by atoms with E-state index in [9.17, 15) is 0 Å². The third-order valence-electron chi connectivity index (χ3n) is 3.47. The van der Waals surface area contributed by atoms with E-state index in [1.165, 1.54) is 11.1 Å². The van der Waals surface area contributed by atoms with E-state index < -0.39 is 0 Å². The molecule has 0 saturated heterocycles. The highest BCUT2D eigenvalue weighted by atomic mass is 35.5. The Morgan fingerprint density at radius 1 is 1.45 bits per heavy atom. The van der Waals surface area contributed by atoms with E-state index >= 15 is 0 Å². The van der Waals surface area contributed by atoms with Crippen molar-refractivity contribution in [2.75, 3.05) is 0 Å². The van der Waals surface area contributed by atoms with Gasteiger partial charge < -0.3 is 0 Å². The van der Waals surface area contributed by atoms with Gasteiger partial charge in [-0.1, -0.05) is 41.4 Å². The first kappa shape index (κ1) is 15.0. The molecule has 2 aromatic rings. The number of aromatic nitrogens is 2. The van der Waals surface area contributed by atoms with Crippen molar-refractivity contribution in [2.24, 2.45) is 5.84 Å².